The molecule has 0 spiro atoms. The number of amides is 1. The average molecular weight is 435 g/mol. The minimum Gasteiger partial charge on any atom is -0.494 e. The maximum absolute atomic E-state index is 12.6. The van der Waals surface area contributed by atoms with E-state index in [1.54, 1.807) is 18.2 Å². The summed E-state index contributed by atoms with van der Waals surface area (Å²) in [5.74, 6) is 1.33. The average Bonchev–Trinajstić information content (AvgIpc) is 2.71. The molecular weight excluding hydrogens is 408 g/mol. The second-order valence-electron chi connectivity index (χ2n) is 6.89. The molecule has 0 radical (unpaired) electrons. The van der Waals surface area contributed by atoms with E-state index in [1.165, 1.54) is 0 Å². The molecule has 162 valence electrons. The largest absolute Gasteiger partial charge is 0.494 e. The molecule has 3 rings (SSSR count). The van der Waals surface area contributed by atoms with Crippen LogP contribution in [0.4, 0.5) is 5.69 Å². The molecule has 0 aromatic heterocycles. The smallest absolute Gasteiger partial charge is 0.241 e. The van der Waals surface area contributed by atoms with Gasteiger partial charge in [0.25, 0.3) is 0 Å². The third-order valence-corrected chi connectivity index (χ3v) is 5.71. The zero-order chi connectivity index (χ0) is 21.7. The Labute approximate surface area is 176 Å². The third kappa shape index (κ3) is 5.35. The van der Waals surface area contributed by atoms with E-state index < -0.39 is 15.9 Å². The molecule has 30 heavy (non-hydrogen) atoms. The number of nitrogens with zero attached hydrogens (tertiary/aromatic N) is 1. The van der Waals surface area contributed by atoms with Crippen molar-refractivity contribution in [2.75, 3.05) is 36.9 Å². The van der Waals surface area contributed by atoms with E-state index in [0.717, 1.165) is 21.9 Å². The molecule has 0 unspecified atom stereocenters. The normalized spacial score (nSPS) is 14.0. The van der Waals surface area contributed by atoms with Gasteiger partial charge in [0.1, 0.15) is 25.5 Å². The summed E-state index contributed by atoms with van der Waals surface area (Å²) in [7, 11) is -3.69. The summed E-state index contributed by atoms with van der Waals surface area (Å²) in [5.41, 5.74) is 1.22. The number of nitrogens with one attached hydrogen (secondary N) is 1. The van der Waals surface area contributed by atoms with Crippen molar-refractivity contribution in [1.82, 2.24) is 5.32 Å². The van der Waals surface area contributed by atoms with Gasteiger partial charge in [-0.25, -0.2) is 8.42 Å². The predicted octanol–water partition coefficient (Wildman–Crippen LogP) is 2.50. The molecule has 1 heterocycles. The highest BCUT2D eigenvalue weighted by atomic mass is 32.2. The molecule has 0 fully saturated rings. The Morgan fingerprint density at radius 1 is 1.13 bits per heavy atom. The third-order valence-electron chi connectivity index (χ3n) is 4.57. The van der Waals surface area contributed by atoms with Gasteiger partial charge in [-0.1, -0.05) is 12.1 Å². The summed E-state index contributed by atoms with van der Waals surface area (Å²) >= 11 is 0. The molecule has 8 nitrogen and oxygen atoms in total. The minimum atomic E-state index is -3.69. The van der Waals surface area contributed by atoms with Gasteiger partial charge in [-0.2, -0.15) is 0 Å². The highest BCUT2D eigenvalue weighted by Gasteiger charge is 2.24. The number of benzene rings is 2. The monoisotopic (exact) mass is 434 g/mol. The molecular formula is C21H26N2O6S. The summed E-state index contributed by atoms with van der Waals surface area (Å²) < 4.78 is 42.2. The molecule has 0 bridgehead atoms. The minimum absolute atomic E-state index is 0.296. The van der Waals surface area contributed by atoms with Gasteiger partial charge in [-0.15, -0.1) is 0 Å². The molecule has 2 aromatic rings. The summed E-state index contributed by atoms with van der Waals surface area (Å²) in [5, 5.41) is 2.84. The lowest BCUT2D eigenvalue weighted by Gasteiger charge is -2.25. The zero-order valence-electron chi connectivity index (χ0n) is 17.3. The van der Waals surface area contributed by atoms with Crippen molar-refractivity contribution >= 4 is 21.6 Å². The lowest BCUT2D eigenvalue weighted by molar-refractivity contribution is -0.120. The van der Waals surface area contributed by atoms with E-state index in [-0.39, 0.29) is 12.6 Å². The fourth-order valence-corrected chi connectivity index (χ4v) is 3.96. The summed E-state index contributed by atoms with van der Waals surface area (Å²) in [4.78, 5) is 12.6. The quantitative estimate of drug-likeness (QED) is 0.686. The van der Waals surface area contributed by atoms with Crippen LogP contribution in [0, 0.1) is 0 Å². The maximum atomic E-state index is 12.6. The molecule has 1 aliphatic rings. The van der Waals surface area contributed by atoms with Crippen LogP contribution in [-0.4, -0.2) is 46.9 Å². The number of hydrogen-bond donors (Lipinski definition) is 1. The first-order valence-electron chi connectivity index (χ1n) is 9.67. The second kappa shape index (κ2) is 9.25. The van der Waals surface area contributed by atoms with Crippen molar-refractivity contribution in [2.45, 2.75) is 19.9 Å². The van der Waals surface area contributed by atoms with Crippen LogP contribution in [0.25, 0.3) is 0 Å². The molecule has 1 aliphatic heterocycles. The van der Waals surface area contributed by atoms with Gasteiger partial charge in [0.05, 0.1) is 24.6 Å². The predicted molar refractivity (Wildman–Crippen MR) is 114 cm³/mol. The molecule has 0 aliphatic carbocycles. The van der Waals surface area contributed by atoms with Crippen molar-refractivity contribution in [3.8, 4) is 17.2 Å². The van der Waals surface area contributed by atoms with Gasteiger partial charge in [-0.05, 0) is 43.7 Å². The Morgan fingerprint density at radius 3 is 2.43 bits per heavy atom. The fraction of sp³-hybridized carbons (Fsp3) is 0.381. The van der Waals surface area contributed by atoms with E-state index in [1.807, 2.05) is 38.1 Å². The van der Waals surface area contributed by atoms with Crippen LogP contribution >= 0.6 is 0 Å². The molecule has 9 heteroatoms. The molecule has 1 atom stereocenters. The van der Waals surface area contributed by atoms with Crippen LogP contribution in [-0.2, 0) is 14.8 Å². The number of hydrogen-bond acceptors (Lipinski definition) is 6. The number of carbonyl (C=O) groups is 1. The van der Waals surface area contributed by atoms with Crippen LogP contribution < -0.4 is 23.8 Å². The number of fused-ring (bicyclic) bond motifs is 1. The maximum Gasteiger partial charge on any atom is 0.241 e. The molecule has 0 saturated heterocycles. The van der Waals surface area contributed by atoms with Crippen LogP contribution in [0.3, 0.4) is 0 Å². The molecule has 2 aromatic carbocycles. The Hall–Kier alpha value is -2.94. The van der Waals surface area contributed by atoms with E-state index in [2.05, 4.69) is 5.32 Å². The van der Waals surface area contributed by atoms with Gasteiger partial charge in [0, 0.05) is 6.07 Å². The first-order chi connectivity index (χ1) is 14.3. The Bertz CT molecular complexity index is 991. The number of sulfonamides is 1. The van der Waals surface area contributed by atoms with Crippen molar-refractivity contribution in [3.05, 3.63) is 48.0 Å². The van der Waals surface area contributed by atoms with Crippen LogP contribution in [0.15, 0.2) is 42.5 Å². The first kappa shape index (κ1) is 21.8. The Balaban J connectivity index is 1.71. The zero-order valence-corrected chi connectivity index (χ0v) is 18.1. The van der Waals surface area contributed by atoms with E-state index in [0.29, 0.717) is 37.0 Å². The molecule has 0 saturated carbocycles. The van der Waals surface area contributed by atoms with Gasteiger partial charge in [0.15, 0.2) is 11.5 Å². The van der Waals surface area contributed by atoms with E-state index in [4.69, 9.17) is 14.2 Å². The van der Waals surface area contributed by atoms with Gasteiger partial charge >= 0.3 is 0 Å². The highest BCUT2D eigenvalue weighted by molar-refractivity contribution is 7.92. The van der Waals surface area contributed by atoms with Crippen LogP contribution in [0.5, 0.6) is 17.2 Å². The van der Waals surface area contributed by atoms with Crippen molar-refractivity contribution < 1.29 is 27.4 Å². The van der Waals surface area contributed by atoms with E-state index >= 15 is 0 Å². The SMILES string of the molecule is CCOc1ccc([C@@H](C)NC(=O)CN(c2ccc3c(c2)OCCO3)S(C)(=O)=O)cc1. The number of anilines is 1. The van der Waals surface area contributed by atoms with Gasteiger partial charge < -0.3 is 19.5 Å². The van der Waals surface area contributed by atoms with E-state index in [9.17, 15) is 13.2 Å². The lowest BCUT2D eigenvalue weighted by atomic mass is 10.1. The standard InChI is InChI=1S/C21H26N2O6S/c1-4-27-18-8-5-16(6-9-18)15(2)22-21(24)14-23(30(3,25)26)17-7-10-19-20(13-17)29-12-11-28-19/h5-10,13,15H,4,11-12,14H2,1-3H3,(H,22,24)/t15-/m1/s1. The number of rotatable bonds is 8. The van der Waals surface area contributed by atoms with Crippen LogP contribution in [0.2, 0.25) is 0 Å². The highest BCUT2D eigenvalue weighted by Crippen LogP contribution is 2.34. The second-order valence-corrected chi connectivity index (χ2v) is 8.80. The number of carbonyl (C=O) groups excluding carboxylic acids is 1. The van der Waals surface area contributed by atoms with Gasteiger partial charge in [-0.3, -0.25) is 9.10 Å². The van der Waals surface area contributed by atoms with Gasteiger partial charge in [0.2, 0.25) is 15.9 Å². The topological polar surface area (TPSA) is 94.2 Å². The fourth-order valence-electron chi connectivity index (χ4n) is 3.11. The Morgan fingerprint density at radius 2 is 1.80 bits per heavy atom. The van der Waals surface area contributed by atoms with Crippen LogP contribution in [0.1, 0.15) is 25.5 Å². The first-order valence-corrected chi connectivity index (χ1v) is 11.5. The summed E-state index contributed by atoms with van der Waals surface area (Å²) in [6.07, 6.45) is 1.06. The Kier molecular flexibility index (Phi) is 6.71. The lowest BCUT2D eigenvalue weighted by Crippen LogP contribution is -2.41. The van der Waals surface area contributed by atoms with Crippen molar-refractivity contribution in [3.63, 3.8) is 0 Å². The number of ether oxygens (including phenoxy) is 3. The summed E-state index contributed by atoms with van der Waals surface area (Å²) in [6, 6.07) is 11.9. The summed E-state index contributed by atoms with van der Waals surface area (Å²) in [6.45, 7) is 4.80. The molecule has 1 N–H and O–H groups in total. The molecule has 1 amide bonds. The van der Waals surface area contributed by atoms with Crippen molar-refractivity contribution in [1.29, 1.82) is 0 Å². The van der Waals surface area contributed by atoms with Crippen molar-refractivity contribution in [2.24, 2.45) is 0 Å².